The van der Waals surface area contributed by atoms with E-state index in [2.05, 4.69) is 24.9 Å². The minimum absolute atomic E-state index is 0.0498. The minimum Gasteiger partial charge on any atom is -0.325 e. The van der Waals surface area contributed by atoms with Crippen molar-refractivity contribution in [1.29, 1.82) is 0 Å². The molecule has 2 aromatic rings. The minimum atomic E-state index is -0.350. The lowest BCUT2D eigenvalue weighted by molar-refractivity contribution is -0.115. The van der Waals surface area contributed by atoms with E-state index in [0.29, 0.717) is 6.42 Å². The van der Waals surface area contributed by atoms with Crippen LogP contribution < -0.4 is 5.32 Å². The number of carbonyl (C=O) groups is 1. The zero-order valence-corrected chi connectivity index (χ0v) is 13.4. The highest BCUT2D eigenvalue weighted by Gasteiger charge is 2.16. The van der Waals surface area contributed by atoms with Gasteiger partial charge in [0.15, 0.2) is 0 Å². The topological polar surface area (TPSA) is 29.1 Å². The fourth-order valence-corrected chi connectivity index (χ4v) is 2.61. The van der Waals surface area contributed by atoms with Crippen LogP contribution in [0.15, 0.2) is 48.5 Å². The fourth-order valence-electron chi connectivity index (χ4n) is 2.34. The van der Waals surface area contributed by atoms with Crippen molar-refractivity contribution in [2.24, 2.45) is 0 Å². The Kier molecular flexibility index (Phi) is 5.45. The highest BCUT2D eigenvalue weighted by Crippen LogP contribution is 2.22. The predicted molar refractivity (Wildman–Crippen MR) is 92.1 cm³/mol. The Labute approximate surface area is 132 Å². The largest absolute Gasteiger partial charge is 0.325 e. The lowest BCUT2D eigenvalue weighted by Crippen LogP contribution is -2.26. The Hall–Kier alpha value is -1.74. The van der Waals surface area contributed by atoms with Crippen molar-refractivity contribution in [2.45, 2.75) is 31.9 Å². The molecule has 0 bridgehead atoms. The highest BCUT2D eigenvalue weighted by molar-refractivity contribution is 7.81. The van der Waals surface area contributed by atoms with E-state index in [0.717, 1.165) is 28.8 Å². The van der Waals surface area contributed by atoms with Crippen molar-refractivity contribution in [3.8, 4) is 0 Å². The van der Waals surface area contributed by atoms with Crippen molar-refractivity contribution in [3.63, 3.8) is 0 Å². The number of carbonyl (C=O) groups excluding carboxylic acids is 1. The van der Waals surface area contributed by atoms with Crippen LogP contribution in [0.4, 0.5) is 5.69 Å². The molecule has 0 aliphatic carbocycles. The van der Waals surface area contributed by atoms with E-state index in [-0.39, 0.29) is 11.2 Å². The number of hydrogen-bond donors (Lipinski definition) is 2. The third-order valence-electron chi connectivity index (χ3n) is 3.56. The standard InChI is InChI=1S/C18H21NOS/c1-3-15-11-7-8-13(2)17(15)19-18(20)16(21)12-14-9-5-4-6-10-14/h4-11,16,21H,3,12H2,1-2H3,(H,19,20). The van der Waals surface area contributed by atoms with Crippen LogP contribution in [-0.4, -0.2) is 11.2 Å². The second-order valence-corrected chi connectivity index (χ2v) is 5.78. The number of para-hydroxylation sites is 1. The second-order valence-electron chi connectivity index (χ2n) is 5.16. The van der Waals surface area contributed by atoms with Gasteiger partial charge in [0, 0.05) is 5.69 Å². The quantitative estimate of drug-likeness (QED) is 0.802. The Bertz CT molecular complexity index is 610. The molecule has 0 aliphatic heterocycles. The molecule has 0 radical (unpaired) electrons. The molecule has 0 spiro atoms. The predicted octanol–water partition coefficient (Wildman–Crippen LogP) is 4.04. The molecule has 0 saturated carbocycles. The SMILES string of the molecule is CCc1cccc(C)c1NC(=O)C(S)Cc1ccccc1. The van der Waals surface area contributed by atoms with Crippen LogP contribution in [0.1, 0.15) is 23.6 Å². The molecule has 2 aromatic carbocycles. The maximum atomic E-state index is 12.3. The van der Waals surface area contributed by atoms with Gasteiger partial charge in [-0.3, -0.25) is 4.79 Å². The molecule has 0 aromatic heterocycles. The van der Waals surface area contributed by atoms with Crippen molar-refractivity contribution in [1.82, 2.24) is 0 Å². The molecule has 110 valence electrons. The van der Waals surface area contributed by atoms with Crippen LogP contribution in [0.25, 0.3) is 0 Å². The molecule has 1 amide bonds. The first kappa shape index (κ1) is 15.6. The van der Waals surface area contributed by atoms with Crippen LogP contribution in [-0.2, 0) is 17.6 Å². The van der Waals surface area contributed by atoms with Crippen molar-refractivity contribution < 1.29 is 4.79 Å². The molecule has 1 N–H and O–H groups in total. The van der Waals surface area contributed by atoms with E-state index in [1.54, 1.807) is 0 Å². The highest BCUT2D eigenvalue weighted by atomic mass is 32.1. The van der Waals surface area contributed by atoms with Crippen LogP contribution in [0, 0.1) is 6.92 Å². The van der Waals surface area contributed by atoms with Gasteiger partial charge in [-0.1, -0.05) is 55.5 Å². The first-order valence-electron chi connectivity index (χ1n) is 7.23. The van der Waals surface area contributed by atoms with E-state index in [1.165, 1.54) is 0 Å². The number of hydrogen-bond acceptors (Lipinski definition) is 2. The molecule has 2 rings (SSSR count). The average molecular weight is 299 g/mol. The monoisotopic (exact) mass is 299 g/mol. The Morgan fingerprint density at radius 3 is 2.52 bits per heavy atom. The van der Waals surface area contributed by atoms with Gasteiger partial charge in [0.1, 0.15) is 0 Å². The van der Waals surface area contributed by atoms with Gasteiger partial charge in [0.2, 0.25) is 5.91 Å². The Morgan fingerprint density at radius 2 is 1.86 bits per heavy atom. The Balaban J connectivity index is 2.08. The molecule has 0 aliphatic rings. The number of anilines is 1. The van der Waals surface area contributed by atoms with Crippen LogP contribution in [0.5, 0.6) is 0 Å². The van der Waals surface area contributed by atoms with Crippen molar-refractivity contribution in [3.05, 3.63) is 65.2 Å². The van der Waals surface area contributed by atoms with Crippen LogP contribution >= 0.6 is 12.6 Å². The van der Waals surface area contributed by atoms with Crippen LogP contribution in [0.3, 0.4) is 0 Å². The summed E-state index contributed by atoms with van der Waals surface area (Å²) >= 11 is 4.45. The molecule has 2 nitrogen and oxygen atoms in total. The summed E-state index contributed by atoms with van der Waals surface area (Å²) < 4.78 is 0. The van der Waals surface area contributed by atoms with E-state index >= 15 is 0 Å². The number of rotatable bonds is 5. The van der Waals surface area contributed by atoms with E-state index < -0.39 is 0 Å². The van der Waals surface area contributed by atoms with Gasteiger partial charge < -0.3 is 5.32 Å². The molecule has 1 unspecified atom stereocenters. The van der Waals surface area contributed by atoms with Crippen molar-refractivity contribution >= 4 is 24.2 Å². The summed E-state index contributed by atoms with van der Waals surface area (Å²) in [5.74, 6) is -0.0498. The fraction of sp³-hybridized carbons (Fsp3) is 0.278. The maximum Gasteiger partial charge on any atom is 0.237 e. The molecular weight excluding hydrogens is 278 g/mol. The first-order valence-corrected chi connectivity index (χ1v) is 7.74. The number of nitrogens with one attached hydrogen (secondary N) is 1. The third kappa shape index (κ3) is 4.11. The number of thiol groups is 1. The normalized spacial score (nSPS) is 12.0. The smallest absolute Gasteiger partial charge is 0.237 e. The zero-order valence-electron chi connectivity index (χ0n) is 12.5. The summed E-state index contributed by atoms with van der Waals surface area (Å²) in [4.78, 5) is 12.3. The lowest BCUT2D eigenvalue weighted by atomic mass is 10.0. The lowest BCUT2D eigenvalue weighted by Gasteiger charge is -2.16. The summed E-state index contributed by atoms with van der Waals surface area (Å²) in [7, 11) is 0. The van der Waals surface area contributed by atoms with Crippen molar-refractivity contribution in [2.75, 3.05) is 5.32 Å². The van der Waals surface area contributed by atoms with E-state index in [4.69, 9.17) is 0 Å². The van der Waals surface area contributed by atoms with Crippen LogP contribution in [0.2, 0.25) is 0 Å². The molecule has 1 atom stereocenters. The van der Waals surface area contributed by atoms with E-state index in [9.17, 15) is 4.79 Å². The molecule has 0 fully saturated rings. The summed E-state index contributed by atoms with van der Waals surface area (Å²) in [6, 6.07) is 16.0. The zero-order chi connectivity index (χ0) is 15.2. The summed E-state index contributed by atoms with van der Waals surface area (Å²) in [6.45, 7) is 4.10. The molecule has 3 heteroatoms. The van der Waals surface area contributed by atoms with Gasteiger partial charge in [-0.15, -0.1) is 0 Å². The van der Waals surface area contributed by atoms with Gasteiger partial charge in [0.25, 0.3) is 0 Å². The van der Waals surface area contributed by atoms with Gasteiger partial charge in [-0.05, 0) is 36.5 Å². The number of benzene rings is 2. The second kappa shape index (κ2) is 7.32. The molecule has 0 saturated heterocycles. The summed E-state index contributed by atoms with van der Waals surface area (Å²) in [5, 5.41) is 2.68. The van der Waals surface area contributed by atoms with E-state index in [1.807, 2.05) is 55.5 Å². The average Bonchev–Trinajstić information content (AvgIpc) is 2.50. The third-order valence-corrected chi connectivity index (χ3v) is 3.98. The number of amides is 1. The summed E-state index contributed by atoms with van der Waals surface area (Å²) in [5.41, 5.74) is 4.29. The molecule has 21 heavy (non-hydrogen) atoms. The van der Waals surface area contributed by atoms with Gasteiger partial charge in [-0.25, -0.2) is 0 Å². The summed E-state index contributed by atoms with van der Waals surface area (Å²) in [6.07, 6.45) is 1.52. The maximum absolute atomic E-state index is 12.3. The van der Waals surface area contributed by atoms with Gasteiger partial charge in [-0.2, -0.15) is 12.6 Å². The first-order chi connectivity index (χ1) is 10.1. The number of aryl methyl sites for hydroxylation is 2. The van der Waals surface area contributed by atoms with Gasteiger partial charge in [0.05, 0.1) is 5.25 Å². The van der Waals surface area contributed by atoms with Gasteiger partial charge >= 0.3 is 0 Å². The molecular formula is C18H21NOS. The molecule has 0 heterocycles. The Morgan fingerprint density at radius 1 is 1.14 bits per heavy atom.